The molecule has 2 rings (SSSR count). The summed E-state index contributed by atoms with van der Waals surface area (Å²) in [5, 5.41) is 10.7. The minimum Gasteiger partial charge on any atom is -0.480 e. The predicted molar refractivity (Wildman–Crippen MR) is 75.9 cm³/mol. The molecule has 0 bridgehead atoms. The Bertz CT molecular complexity index is 599. The largest absolute Gasteiger partial charge is 0.480 e. The van der Waals surface area contributed by atoms with Crippen molar-refractivity contribution in [1.82, 2.24) is 10.3 Å². The number of thiazole rings is 1. The summed E-state index contributed by atoms with van der Waals surface area (Å²) in [6.07, 6.45) is 0. The summed E-state index contributed by atoms with van der Waals surface area (Å²) in [6.45, 7) is -1.13. The van der Waals surface area contributed by atoms with Crippen LogP contribution in [0.25, 0.3) is 10.2 Å². The zero-order valence-corrected chi connectivity index (χ0v) is 11.8. The molecule has 1 aromatic heterocycles. The van der Waals surface area contributed by atoms with Gasteiger partial charge in [-0.3, -0.25) is 4.79 Å². The van der Waals surface area contributed by atoms with Crippen molar-refractivity contribution in [3.05, 3.63) is 24.3 Å². The molecule has 0 fully saturated rings. The highest BCUT2D eigenvalue weighted by atomic mass is 32.2. The Balaban J connectivity index is 1.91. The van der Waals surface area contributed by atoms with E-state index in [2.05, 4.69) is 10.3 Å². The van der Waals surface area contributed by atoms with E-state index in [0.29, 0.717) is 4.34 Å². The van der Waals surface area contributed by atoms with Crippen molar-refractivity contribution in [2.24, 2.45) is 0 Å². The van der Waals surface area contributed by atoms with Crippen molar-refractivity contribution in [3.63, 3.8) is 0 Å². The fraction of sp³-hybridized carbons (Fsp3) is 0.250. The lowest BCUT2D eigenvalue weighted by Crippen LogP contribution is -2.43. The molecule has 2 N–H and O–H groups in total. The average molecular weight is 314 g/mol. The van der Waals surface area contributed by atoms with E-state index in [0.717, 1.165) is 10.2 Å². The minimum atomic E-state index is -1.49. The molecule has 1 aromatic carbocycles. The molecule has 5 nitrogen and oxygen atoms in total. The van der Waals surface area contributed by atoms with Gasteiger partial charge in [0, 0.05) is 0 Å². The van der Waals surface area contributed by atoms with Gasteiger partial charge in [-0.15, -0.1) is 11.3 Å². The molecule has 0 aliphatic carbocycles. The molecule has 0 spiro atoms. The van der Waals surface area contributed by atoms with Crippen LogP contribution in [0.3, 0.4) is 0 Å². The fourth-order valence-corrected chi connectivity index (χ4v) is 3.32. The van der Waals surface area contributed by atoms with Gasteiger partial charge in [-0.2, -0.15) is 0 Å². The van der Waals surface area contributed by atoms with Gasteiger partial charge < -0.3 is 10.4 Å². The van der Waals surface area contributed by atoms with Gasteiger partial charge >= 0.3 is 5.97 Å². The third-order valence-electron chi connectivity index (χ3n) is 2.39. The lowest BCUT2D eigenvalue weighted by atomic mass is 10.3. The van der Waals surface area contributed by atoms with Crippen LogP contribution in [-0.4, -0.2) is 40.4 Å². The van der Waals surface area contributed by atoms with Gasteiger partial charge in [0.05, 0.1) is 16.0 Å². The van der Waals surface area contributed by atoms with Crippen LogP contribution in [0, 0.1) is 0 Å². The molecule has 0 saturated heterocycles. The second-order valence-corrected chi connectivity index (χ2v) is 6.10. The second kappa shape index (κ2) is 6.67. The number of carboxylic acids is 1. The van der Waals surface area contributed by atoms with E-state index < -0.39 is 24.6 Å². The number of benzene rings is 1. The first-order chi connectivity index (χ1) is 9.60. The number of halogens is 1. The number of fused-ring (bicyclic) bond motifs is 1. The monoisotopic (exact) mass is 314 g/mol. The maximum absolute atomic E-state index is 12.4. The van der Waals surface area contributed by atoms with E-state index in [1.165, 1.54) is 23.1 Å². The number of hydrogen-bond acceptors (Lipinski definition) is 5. The molecule has 1 amide bonds. The minimum absolute atomic E-state index is 0.00357. The van der Waals surface area contributed by atoms with Gasteiger partial charge in [-0.25, -0.2) is 14.2 Å². The molecule has 0 aliphatic heterocycles. The number of nitrogens with one attached hydrogen (secondary N) is 1. The Kier molecular flexibility index (Phi) is 4.91. The number of carboxylic acid groups (broad SMARTS) is 1. The molecule has 0 saturated carbocycles. The SMILES string of the molecule is O=C(CSc1nc2ccccc2s1)NC(CF)C(=O)O. The van der Waals surface area contributed by atoms with Crippen molar-refractivity contribution in [2.75, 3.05) is 12.4 Å². The molecular formula is C12H11FN2O3S2. The quantitative estimate of drug-likeness (QED) is 0.797. The van der Waals surface area contributed by atoms with Crippen LogP contribution in [0.2, 0.25) is 0 Å². The number of carbonyl (C=O) groups is 2. The summed E-state index contributed by atoms with van der Waals surface area (Å²) in [5.74, 6) is -1.91. The van der Waals surface area contributed by atoms with Crippen LogP contribution < -0.4 is 5.32 Å². The van der Waals surface area contributed by atoms with Gasteiger partial charge in [0.25, 0.3) is 0 Å². The van der Waals surface area contributed by atoms with Crippen LogP contribution in [0.5, 0.6) is 0 Å². The van der Waals surface area contributed by atoms with Crippen molar-refractivity contribution < 1.29 is 19.1 Å². The molecule has 1 heterocycles. The van der Waals surface area contributed by atoms with Crippen LogP contribution >= 0.6 is 23.1 Å². The highest BCUT2D eigenvalue weighted by Gasteiger charge is 2.19. The van der Waals surface area contributed by atoms with Crippen LogP contribution in [0.4, 0.5) is 4.39 Å². The standard InChI is InChI=1S/C12H11FN2O3S2/c13-5-8(11(17)18)14-10(16)6-19-12-15-7-3-1-2-4-9(7)20-12/h1-4,8H,5-6H2,(H,14,16)(H,17,18). The molecule has 106 valence electrons. The third-order valence-corrected chi connectivity index (χ3v) is 4.57. The first kappa shape index (κ1) is 14.7. The summed E-state index contributed by atoms with van der Waals surface area (Å²) >= 11 is 2.65. The summed E-state index contributed by atoms with van der Waals surface area (Å²) < 4.78 is 14.1. The number of nitrogens with zero attached hydrogens (tertiary/aromatic N) is 1. The van der Waals surface area contributed by atoms with E-state index >= 15 is 0 Å². The van der Waals surface area contributed by atoms with Crippen molar-refractivity contribution in [3.8, 4) is 0 Å². The van der Waals surface area contributed by atoms with Crippen molar-refractivity contribution >= 4 is 45.2 Å². The molecule has 2 aromatic rings. The van der Waals surface area contributed by atoms with E-state index in [1.807, 2.05) is 24.3 Å². The Morgan fingerprint density at radius 1 is 1.45 bits per heavy atom. The number of alkyl halides is 1. The lowest BCUT2D eigenvalue weighted by molar-refractivity contribution is -0.141. The Hall–Kier alpha value is -1.67. The van der Waals surface area contributed by atoms with Crippen molar-refractivity contribution in [1.29, 1.82) is 0 Å². The smallest absolute Gasteiger partial charge is 0.328 e. The summed E-state index contributed by atoms with van der Waals surface area (Å²) in [5.41, 5.74) is 0.854. The number of rotatable bonds is 6. The third kappa shape index (κ3) is 3.67. The van der Waals surface area contributed by atoms with E-state index in [-0.39, 0.29) is 5.75 Å². The second-order valence-electron chi connectivity index (χ2n) is 3.85. The fourth-order valence-electron chi connectivity index (χ4n) is 1.44. The number of carbonyl (C=O) groups excluding carboxylic acids is 1. The Labute approximate surface area is 122 Å². The number of para-hydroxylation sites is 1. The van der Waals surface area contributed by atoms with Gasteiger partial charge in [0.15, 0.2) is 10.4 Å². The topological polar surface area (TPSA) is 79.3 Å². The highest BCUT2D eigenvalue weighted by Crippen LogP contribution is 2.28. The lowest BCUT2D eigenvalue weighted by Gasteiger charge is -2.09. The molecular weight excluding hydrogens is 303 g/mol. The molecule has 0 aliphatic rings. The van der Waals surface area contributed by atoms with E-state index in [9.17, 15) is 14.0 Å². The maximum atomic E-state index is 12.4. The zero-order chi connectivity index (χ0) is 14.5. The normalized spacial score (nSPS) is 12.2. The summed E-state index contributed by atoms with van der Waals surface area (Å²) in [6, 6.07) is 6.10. The van der Waals surface area contributed by atoms with Crippen molar-refractivity contribution in [2.45, 2.75) is 10.4 Å². The molecule has 1 atom stereocenters. The first-order valence-corrected chi connectivity index (χ1v) is 7.47. The first-order valence-electron chi connectivity index (χ1n) is 5.66. The Morgan fingerprint density at radius 3 is 2.85 bits per heavy atom. The number of aliphatic carboxylic acids is 1. The van der Waals surface area contributed by atoms with Gasteiger partial charge in [-0.1, -0.05) is 23.9 Å². The number of thioether (sulfide) groups is 1. The van der Waals surface area contributed by atoms with Crippen LogP contribution in [-0.2, 0) is 9.59 Å². The van der Waals surface area contributed by atoms with E-state index in [1.54, 1.807) is 0 Å². The average Bonchev–Trinajstić information content (AvgIpc) is 2.85. The molecule has 0 radical (unpaired) electrons. The zero-order valence-electron chi connectivity index (χ0n) is 10.2. The molecule has 1 unspecified atom stereocenters. The highest BCUT2D eigenvalue weighted by molar-refractivity contribution is 8.01. The summed E-state index contributed by atoms with van der Waals surface area (Å²) in [7, 11) is 0. The van der Waals surface area contributed by atoms with Gasteiger partial charge in [-0.05, 0) is 12.1 Å². The van der Waals surface area contributed by atoms with Crippen LogP contribution in [0.15, 0.2) is 28.6 Å². The number of amides is 1. The number of hydrogen-bond donors (Lipinski definition) is 2. The predicted octanol–water partition coefficient (Wildman–Crippen LogP) is 1.93. The van der Waals surface area contributed by atoms with Crippen LogP contribution in [0.1, 0.15) is 0 Å². The molecule has 8 heteroatoms. The molecule has 20 heavy (non-hydrogen) atoms. The Morgan fingerprint density at radius 2 is 2.20 bits per heavy atom. The van der Waals surface area contributed by atoms with E-state index in [4.69, 9.17) is 5.11 Å². The van der Waals surface area contributed by atoms with Gasteiger partial charge in [0.1, 0.15) is 6.67 Å². The van der Waals surface area contributed by atoms with Gasteiger partial charge in [0.2, 0.25) is 5.91 Å². The summed E-state index contributed by atoms with van der Waals surface area (Å²) in [4.78, 5) is 26.4. The maximum Gasteiger partial charge on any atom is 0.328 e. The number of aromatic nitrogens is 1.